The van der Waals surface area contributed by atoms with Gasteiger partial charge in [-0.15, -0.1) is 6.58 Å². The first-order valence-electron chi connectivity index (χ1n) is 3.48. The topological polar surface area (TPSA) is 26.0 Å². The molecule has 12 heavy (non-hydrogen) atoms. The molecule has 0 bridgehead atoms. The van der Waals surface area contributed by atoms with Crippen molar-refractivity contribution in [3.8, 4) is 0 Å². The van der Waals surface area contributed by atoms with Crippen LogP contribution in [0.4, 0.5) is 4.39 Å². The summed E-state index contributed by atoms with van der Waals surface area (Å²) < 4.78 is 12.9. The second-order valence-electron chi connectivity index (χ2n) is 2.44. The molecule has 0 amide bonds. The predicted molar refractivity (Wildman–Crippen MR) is 48.5 cm³/mol. The standard InChI is InChI=1S/C9H9ClFN/c1-2-9(12)6-3-4-7(10)8(11)5-6/h2-5,9H,1,12H2/t9-/m1/s1. The molecule has 1 atom stereocenters. The molecule has 0 heterocycles. The van der Waals surface area contributed by atoms with Crippen LogP contribution in [0.15, 0.2) is 30.9 Å². The zero-order chi connectivity index (χ0) is 9.14. The SMILES string of the molecule is C=C[C@@H](N)c1ccc(Cl)c(F)c1. The molecule has 0 unspecified atom stereocenters. The summed E-state index contributed by atoms with van der Waals surface area (Å²) in [7, 11) is 0. The van der Waals surface area contributed by atoms with E-state index in [9.17, 15) is 4.39 Å². The van der Waals surface area contributed by atoms with E-state index in [1.807, 2.05) is 0 Å². The van der Waals surface area contributed by atoms with Gasteiger partial charge in [0.2, 0.25) is 0 Å². The van der Waals surface area contributed by atoms with Gasteiger partial charge in [0.25, 0.3) is 0 Å². The van der Waals surface area contributed by atoms with Gasteiger partial charge in [-0.2, -0.15) is 0 Å². The Bertz CT molecular complexity index is 299. The van der Waals surface area contributed by atoms with Crippen molar-refractivity contribution in [3.05, 3.63) is 47.3 Å². The van der Waals surface area contributed by atoms with E-state index in [-0.39, 0.29) is 11.1 Å². The van der Waals surface area contributed by atoms with Crippen molar-refractivity contribution >= 4 is 11.6 Å². The quantitative estimate of drug-likeness (QED) is 0.705. The molecule has 0 radical (unpaired) electrons. The van der Waals surface area contributed by atoms with Gasteiger partial charge in [0, 0.05) is 6.04 Å². The third-order valence-electron chi connectivity index (χ3n) is 1.58. The number of rotatable bonds is 2. The summed E-state index contributed by atoms with van der Waals surface area (Å²) in [5, 5.41) is 0.106. The van der Waals surface area contributed by atoms with E-state index in [0.717, 1.165) is 0 Å². The molecule has 1 rings (SSSR count). The fourth-order valence-electron chi connectivity index (χ4n) is 0.856. The van der Waals surface area contributed by atoms with Gasteiger partial charge in [0.05, 0.1) is 5.02 Å². The van der Waals surface area contributed by atoms with Gasteiger partial charge >= 0.3 is 0 Å². The molecule has 2 N–H and O–H groups in total. The summed E-state index contributed by atoms with van der Waals surface area (Å²) in [5.74, 6) is -0.452. The van der Waals surface area contributed by atoms with Crippen LogP contribution in [0.5, 0.6) is 0 Å². The third-order valence-corrected chi connectivity index (χ3v) is 1.89. The third kappa shape index (κ3) is 1.84. The second kappa shape index (κ2) is 3.70. The fourth-order valence-corrected chi connectivity index (χ4v) is 0.973. The first-order valence-corrected chi connectivity index (χ1v) is 3.86. The molecular formula is C9H9ClFN. The molecule has 3 heteroatoms. The molecule has 0 aliphatic rings. The minimum atomic E-state index is -0.452. The highest BCUT2D eigenvalue weighted by atomic mass is 35.5. The van der Waals surface area contributed by atoms with Crippen molar-refractivity contribution < 1.29 is 4.39 Å². The Kier molecular flexibility index (Phi) is 2.84. The number of hydrogen-bond acceptors (Lipinski definition) is 1. The maximum absolute atomic E-state index is 12.9. The fraction of sp³-hybridized carbons (Fsp3) is 0.111. The Morgan fingerprint density at radius 1 is 1.58 bits per heavy atom. The minimum Gasteiger partial charge on any atom is -0.321 e. The van der Waals surface area contributed by atoms with E-state index in [2.05, 4.69) is 6.58 Å². The van der Waals surface area contributed by atoms with Crippen molar-refractivity contribution in [2.24, 2.45) is 5.73 Å². The zero-order valence-corrected chi connectivity index (χ0v) is 7.18. The molecule has 0 spiro atoms. The minimum absolute atomic E-state index is 0.106. The highest BCUT2D eigenvalue weighted by Gasteiger charge is 2.04. The lowest BCUT2D eigenvalue weighted by molar-refractivity contribution is 0.624. The van der Waals surface area contributed by atoms with E-state index < -0.39 is 5.82 Å². The Hall–Kier alpha value is -0.860. The average molecular weight is 186 g/mol. The van der Waals surface area contributed by atoms with E-state index >= 15 is 0 Å². The van der Waals surface area contributed by atoms with Crippen LogP contribution in [-0.4, -0.2) is 0 Å². The number of hydrogen-bond donors (Lipinski definition) is 1. The van der Waals surface area contributed by atoms with Crippen LogP contribution in [0.1, 0.15) is 11.6 Å². The summed E-state index contributed by atoms with van der Waals surface area (Å²) in [6.45, 7) is 3.51. The van der Waals surface area contributed by atoms with Gasteiger partial charge in [0.1, 0.15) is 5.82 Å². The number of benzene rings is 1. The van der Waals surface area contributed by atoms with Crippen molar-refractivity contribution in [2.75, 3.05) is 0 Å². The maximum atomic E-state index is 12.9. The smallest absolute Gasteiger partial charge is 0.142 e. The van der Waals surface area contributed by atoms with E-state index in [0.29, 0.717) is 5.56 Å². The monoisotopic (exact) mass is 185 g/mol. The van der Waals surface area contributed by atoms with E-state index in [1.54, 1.807) is 12.1 Å². The normalized spacial score (nSPS) is 12.6. The molecule has 1 aromatic carbocycles. The molecule has 0 aromatic heterocycles. The molecule has 1 aromatic rings. The van der Waals surface area contributed by atoms with Crippen LogP contribution in [0.2, 0.25) is 5.02 Å². The van der Waals surface area contributed by atoms with Gasteiger partial charge in [-0.3, -0.25) is 0 Å². The largest absolute Gasteiger partial charge is 0.321 e. The van der Waals surface area contributed by atoms with Gasteiger partial charge < -0.3 is 5.73 Å². The molecule has 0 fully saturated rings. The number of nitrogens with two attached hydrogens (primary N) is 1. The highest BCUT2D eigenvalue weighted by Crippen LogP contribution is 2.19. The Balaban J connectivity index is 3.04. The van der Waals surface area contributed by atoms with Crippen molar-refractivity contribution in [3.63, 3.8) is 0 Å². The predicted octanol–water partition coefficient (Wildman–Crippen LogP) is 2.66. The van der Waals surface area contributed by atoms with E-state index in [4.69, 9.17) is 17.3 Å². The van der Waals surface area contributed by atoms with Crippen LogP contribution in [-0.2, 0) is 0 Å². The lowest BCUT2D eigenvalue weighted by Crippen LogP contribution is -2.06. The average Bonchev–Trinajstić information content (AvgIpc) is 2.08. The maximum Gasteiger partial charge on any atom is 0.142 e. The Labute approximate surface area is 75.6 Å². The Morgan fingerprint density at radius 3 is 2.75 bits per heavy atom. The molecule has 0 saturated heterocycles. The first-order chi connectivity index (χ1) is 5.65. The Morgan fingerprint density at radius 2 is 2.25 bits per heavy atom. The number of halogens is 2. The molecular weight excluding hydrogens is 177 g/mol. The van der Waals surface area contributed by atoms with Crippen molar-refractivity contribution in [1.29, 1.82) is 0 Å². The van der Waals surface area contributed by atoms with Crippen LogP contribution in [0.3, 0.4) is 0 Å². The molecule has 64 valence electrons. The summed E-state index contributed by atoms with van der Waals surface area (Å²) in [6.07, 6.45) is 1.54. The lowest BCUT2D eigenvalue weighted by Gasteiger charge is -2.06. The van der Waals surface area contributed by atoms with Gasteiger partial charge in [-0.05, 0) is 17.7 Å². The first kappa shape index (κ1) is 9.23. The van der Waals surface area contributed by atoms with Gasteiger partial charge in [0.15, 0.2) is 0 Å². The van der Waals surface area contributed by atoms with Crippen molar-refractivity contribution in [1.82, 2.24) is 0 Å². The lowest BCUT2D eigenvalue weighted by atomic mass is 10.1. The van der Waals surface area contributed by atoms with Crippen LogP contribution >= 0.6 is 11.6 Å². The summed E-state index contributed by atoms with van der Waals surface area (Å²) in [5.41, 5.74) is 6.26. The molecule has 0 saturated carbocycles. The summed E-state index contributed by atoms with van der Waals surface area (Å²) in [4.78, 5) is 0. The summed E-state index contributed by atoms with van der Waals surface area (Å²) in [6, 6.07) is 4.14. The van der Waals surface area contributed by atoms with Crippen molar-refractivity contribution in [2.45, 2.75) is 6.04 Å². The van der Waals surface area contributed by atoms with Gasteiger partial charge in [-0.1, -0.05) is 23.7 Å². The van der Waals surface area contributed by atoms with E-state index in [1.165, 1.54) is 12.1 Å². The van der Waals surface area contributed by atoms with Crippen LogP contribution < -0.4 is 5.73 Å². The van der Waals surface area contributed by atoms with Gasteiger partial charge in [-0.25, -0.2) is 4.39 Å². The molecule has 1 nitrogen and oxygen atoms in total. The zero-order valence-electron chi connectivity index (χ0n) is 6.43. The van der Waals surface area contributed by atoms with Crippen LogP contribution in [0, 0.1) is 5.82 Å². The highest BCUT2D eigenvalue weighted by molar-refractivity contribution is 6.30. The summed E-state index contributed by atoms with van der Waals surface area (Å²) >= 11 is 5.49. The molecule has 0 aliphatic heterocycles. The molecule has 0 aliphatic carbocycles. The second-order valence-corrected chi connectivity index (χ2v) is 2.84. The van der Waals surface area contributed by atoms with Crippen LogP contribution in [0.25, 0.3) is 0 Å².